The summed E-state index contributed by atoms with van der Waals surface area (Å²) in [4.78, 5) is 23.7. The van der Waals surface area contributed by atoms with Gasteiger partial charge in [-0.2, -0.15) is 4.31 Å². The van der Waals surface area contributed by atoms with Crippen molar-refractivity contribution in [2.24, 2.45) is 0 Å². The Labute approximate surface area is 151 Å². The smallest absolute Gasteiger partial charge is 0.325 e. The number of rotatable bonds is 7. The predicted octanol–water partition coefficient (Wildman–Crippen LogP) is 1.21. The Morgan fingerprint density at radius 1 is 1.46 bits per heavy atom. The molecule has 1 saturated heterocycles. The number of benzene rings is 1. The summed E-state index contributed by atoms with van der Waals surface area (Å²) in [5.74, 6) is -2.23. The van der Waals surface area contributed by atoms with Gasteiger partial charge in [-0.1, -0.05) is 18.2 Å². The first-order valence-electron chi connectivity index (χ1n) is 8.14. The van der Waals surface area contributed by atoms with E-state index in [2.05, 4.69) is 11.9 Å². The highest BCUT2D eigenvalue weighted by Gasteiger charge is 2.42. The van der Waals surface area contributed by atoms with E-state index in [1.54, 1.807) is 0 Å². The second-order valence-corrected chi connectivity index (χ2v) is 7.68. The summed E-state index contributed by atoms with van der Waals surface area (Å²) in [5, 5.41) is 2.49. The Morgan fingerprint density at radius 2 is 2.15 bits per heavy atom. The van der Waals surface area contributed by atoms with Gasteiger partial charge in [0.15, 0.2) is 6.10 Å². The first-order chi connectivity index (χ1) is 12.3. The molecule has 0 saturated carbocycles. The molecule has 0 bridgehead atoms. The van der Waals surface area contributed by atoms with Crippen LogP contribution in [-0.4, -0.2) is 49.8 Å². The number of ether oxygens (including phenoxy) is 1. The molecule has 0 aliphatic carbocycles. The molecule has 2 rings (SSSR count). The van der Waals surface area contributed by atoms with Crippen molar-refractivity contribution in [1.82, 2.24) is 9.62 Å². The lowest BCUT2D eigenvalue weighted by molar-refractivity contribution is -0.157. The lowest BCUT2D eigenvalue weighted by atomic mass is 10.2. The van der Waals surface area contributed by atoms with Crippen molar-refractivity contribution >= 4 is 21.9 Å². The van der Waals surface area contributed by atoms with Crippen molar-refractivity contribution in [3.05, 3.63) is 42.7 Å². The van der Waals surface area contributed by atoms with E-state index < -0.39 is 44.8 Å². The van der Waals surface area contributed by atoms with Crippen LogP contribution in [0.2, 0.25) is 0 Å². The number of carbonyl (C=O) groups is 2. The third-order valence-corrected chi connectivity index (χ3v) is 5.92. The summed E-state index contributed by atoms with van der Waals surface area (Å²) < 4.78 is 45.4. The van der Waals surface area contributed by atoms with Gasteiger partial charge in [0.25, 0.3) is 5.91 Å². The lowest BCUT2D eigenvalue weighted by Gasteiger charge is -2.24. The molecule has 1 fully saturated rings. The number of carbonyl (C=O) groups excluding carboxylic acids is 2. The van der Waals surface area contributed by atoms with Crippen molar-refractivity contribution in [2.75, 3.05) is 13.1 Å². The number of hydrogen-bond donors (Lipinski definition) is 1. The zero-order valence-corrected chi connectivity index (χ0v) is 15.2. The van der Waals surface area contributed by atoms with Gasteiger partial charge in [0.2, 0.25) is 10.0 Å². The van der Waals surface area contributed by atoms with Gasteiger partial charge in [0.1, 0.15) is 16.8 Å². The van der Waals surface area contributed by atoms with Crippen LogP contribution in [0.3, 0.4) is 0 Å². The Kier molecular flexibility index (Phi) is 6.49. The normalized spacial score (nSPS) is 18.9. The zero-order chi connectivity index (χ0) is 19.3. The number of hydrogen-bond acceptors (Lipinski definition) is 5. The van der Waals surface area contributed by atoms with Crippen LogP contribution < -0.4 is 5.32 Å². The van der Waals surface area contributed by atoms with Gasteiger partial charge in [-0.15, -0.1) is 6.58 Å². The molecule has 1 aromatic carbocycles. The molecule has 142 valence electrons. The molecular formula is C17H21FN2O5S. The SMILES string of the molecule is C=CCNC(=O)[C@@H](C)OC(=O)[C@@H]1CCCN1S(=O)(=O)c1ccccc1F. The van der Waals surface area contributed by atoms with Crippen molar-refractivity contribution in [2.45, 2.75) is 36.8 Å². The average Bonchev–Trinajstić information content (AvgIpc) is 3.10. The van der Waals surface area contributed by atoms with E-state index in [1.807, 2.05) is 0 Å². The number of nitrogens with one attached hydrogen (secondary N) is 1. The van der Waals surface area contributed by atoms with Crippen LogP contribution in [0.5, 0.6) is 0 Å². The third-order valence-electron chi connectivity index (χ3n) is 3.98. The Hall–Kier alpha value is -2.26. The van der Waals surface area contributed by atoms with Crippen LogP contribution in [0.1, 0.15) is 19.8 Å². The topological polar surface area (TPSA) is 92.8 Å². The summed E-state index contributed by atoms with van der Waals surface area (Å²) in [6, 6.07) is 3.90. The predicted molar refractivity (Wildman–Crippen MR) is 92.1 cm³/mol. The van der Waals surface area contributed by atoms with E-state index in [4.69, 9.17) is 4.74 Å². The second-order valence-electron chi connectivity index (χ2n) is 5.82. The molecule has 2 atom stereocenters. The molecule has 9 heteroatoms. The summed E-state index contributed by atoms with van der Waals surface area (Å²) in [6.45, 7) is 5.15. The van der Waals surface area contributed by atoms with Crippen LogP contribution >= 0.6 is 0 Å². The fourth-order valence-corrected chi connectivity index (χ4v) is 4.38. The lowest BCUT2D eigenvalue weighted by Crippen LogP contribution is -2.44. The van der Waals surface area contributed by atoms with Gasteiger partial charge in [0, 0.05) is 13.1 Å². The second kappa shape index (κ2) is 8.41. The van der Waals surface area contributed by atoms with E-state index in [1.165, 1.54) is 25.1 Å². The van der Waals surface area contributed by atoms with Crippen molar-refractivity contribution < 1.29 is 27.1 Å². The van der Waals surface area contributed by atoms with Gasteiger partial charge in [-0.3, -0.25) is 9.59 Å². The molecule has 7 nitrogen and oxygen atoms in total. The van der Waals surface area contributed by atoms with Crippen molar-refractivity contribution in [3.8, 4) is 0 Å². The van der Waals surface area contributed by atoms with E-state index in [0.29, 0.717) is 6.42 Å². The molecule has 26 heavy (non-hydrogen) atoms. The number of sulfonamides is 1. The van der Waals surface area contributed by atoms with E-state index in [0.717, 1.165) is 16.4 Å². The van der Waals surface area contributed by atoms with Crippen LogP contribution in [0, 0.1) is 5.82 Å². The maximum absolute atomic E-state index is 13.9. The van der Waals surface area contributed by atoms with Gasteiger partial charge < -0.3 is 10.1 Å². The molecule has 1 N–H and O–H groups in total. The van der Waals surface area contributed by atoms with E-state index in [9.17, 15) is 22.4 Å². The molecule has 0 radical (unpaired) electrons. The molecule has 1 amide bonds. The zero-order valence-electron chi connectivity index (χ0n) is 14.4. The van der Waals surface area contributed by atoms with Crippen molar-refractivity contribution in [1.29, 1.82) is 0 Å². The van der Waals surface area contributed by atoms with Gasteiger partial charge >= 0.3 is 5.97 Å². The van der Waals surface area contributed by atoms with Crippen LogP contribution in [0.25, 0.3) is 0 Å². The molecule has 1 aliphatic rings. The van der Waals surface area contributed by atoms with E-state index in [-0.39, 0.29) is 19.5 Å². The van der Waals surface area contributed by atoms with E-state index >= 15 is 0 Å². The first-order valence-corrected chi connectivity index (χ1v) is 9.58. The number of amides is 1. The average molecular weight is 384 g/mol. The van der Waals surface area contributed by atoms with Gasteiger partial charge in [-0.25, -0.2) is 12.8 Å². The van der Waals surface area contributed by atoms with Gasteiger partial charge in [-0.05, 0) is 31.9 Å². The molecule has 1 aromatic rings. The highest BCUT2D eigenvalue weighted by atomic mass is 32.2. The Bertz CT molecular complexity index is 796. The van der Waals surface area contributed by atoms with Crippen LogP contribution in [0.4, 0.5) is 4.39 Å². The summed E-state index contributed by atoms with van der Waals surface area (Å²) in [5.41, 5.74) is 0. The largest absolute Gasteiger partial charge is 0.451 e. The quantitative estimate of drug-likeness (QED) is 0.564. The molecule has 0 spiro atoms. The molecule has 0 unspecified atom stereocenters. The molecular weight excluding hydrogens is 363 g/mol. The minimum Gasteiger partial charge on any atom is -0.451 e. The molecule has 0 aromatic heterocycles. The fraction of sp³-hybridized carbons (Fsp3) is 0.412. The third kappa shape index (κ3) is 4.28. The maximum Gasteiger partial charge on any atom is 0.325 e. The number of halogens is 1. The summed E-state index contributed by atoms with van der Waals surface area (Å²) in [6.07, 6.45) is 1.07. The minimum atomic E-state index is -4.19. The minimum absolute atomic E-state index is 0.0769. The standard InChI is InChI=1S/C17H21FN2O5S/c1-3-10-19-16(21)12(2)25-17(22)14-8-6-11-20(14)26(23,24)15-9-5-4-7-13(15)18/h3-5,7,9,12,14H,1,6,8,10-11H2,2H3,(H,19,21)/t12-,14+/m1/s1. The monoisotopic (exact) mass is 384 g/mol. The fourth-order valence-electron chi connectivity index (χ4n) is 2.67. The Balaban J connectivity index is 2.14. The molecule has 1 aliphatic heterocycles. The highest BCUT2D eigenvalue weighted by molar-refractivity contribution is 7.89. The van der Waals surface area contributed by atoms with Crippen LogP contribution in [-0.2, 0) is 24.3 Å². The summed E-state index contributed by atoms with van der Waals surface area (Å²) >= 11 is 0. The summed E-state index contributed by atoms with van der Waals surface area (Å²) in [7, 11) is -4.19. The number of nitrogens with zero attached hydrogens (tertiary/aromatic N) is 1. The van der Waals surface area contributed by atoms with Gasteiger partial charge in [0.05, 0.1) is 0 Å². The number of esters is 1. The van der Waals surface area contributed by atoms with Crippen LogP contribution in [0.15, 0.2) is 41.8 Å². The Morgan fingerprint density at radius 3 is 2.81 bits per heavy atom. The highest BCUT2D eigenvalue weighted by Crippen LogP contribution is 2.28. The first kappa shape index (κ1) is 20.1. The van der Waals surface area contributed by atoms with Crippen molar-refractivity contribution in [3.63, 3.8) is 0 Å². The molecule has 1 heterocycles. The maximum atomic E-state index is 13.9.